The molecular formula is C10H13FO. The van der Waals surface area contributed by atoms with Crippen LogP contribution in [0.25, 0.3) is 0 Å². The molecule has 0 heterocycles. The van der Waals surface area contributed by atoms with Gasteiger partial charge < -0.3 is 0 Å². The lowest BCUT2D eigenvalue weighted by molar-refractivity contribution is -0.115. The molecule has 0 spiro atoms. The lowest BCUT2D eigenvalue weighted by atomic mass is 9.89. The number of alkyl halides is 1. The van der Waals surface area contributed by atoms with E-state index < -0.39 is 6.17 Å². The van der Waals surface area contributed by atoms with E-state index in [1.54, 1.807) is 0 Å². The van der Waals surface area contributed by atoms with Gasteiger partial charge in [-0.25, -0.2) is 4.39 Å². The molecule has 2 unspecified atom stereocenters. The fourth-order valence-corrected chi connectivity index (χ4v) is 2.33. The molecule has 2 rings (SSSR count). The zero-order valence-corrected chi connectivity index (χ0v) is 7.27. The summed E-state index contributed by atoms with van der Waals surface area (Å²) in [6.45, 7) is 2.03. The van der Waals surface area contributed by atoms with Crippen molar-refractivity contribution in [1.82, 2.24) is 0 Å². The van der Waals surface area contributed by atoms with Crippen molar-refractivity contribution in [2.24, 2.45) is 5.92 Å². The first kappa shape index (κ1) is 7.96. The first-order valence-corrected chi connectivity index (χ1v) is 4.60. The Balaban J connectivity index is 2.38. The Kier molecular flexibility index (Phi) is 1.78. The zero-order valence-electron chi connectivity index (χ0n) is 7.27. The average Bonchev–Trinajstić information content (AvgIpc) is 2.29. The van der Waals surface area contributed by atoms with Crippen molar-refractivity contribution >= 4 is 5.78 Å². The van der Waals surface area contributed by atoms with E-state index in [0.29, 0.717) is 24.3 Å². The first-order valence-electron chi connectivity index (χ1n) is 4.60. The molecule has 0 aromatic rings. The molecule has 0 radical (unpaired) electrons. The zero-order chi connectivity index (χ0) is 8.72. The molecule has 0 bridgehead atoms. The Morgan fingerprint density at radius 3 is 2.92 bits per heavy atom. The Morgan fingerprint density at radius 2 is 2.25 bits per heavy atom. The number of Topliss-reactive ketones (excluding diaryl/α,β-unsaturated/α-hetero) is 1. The Morgan fingerprint density at radius 1 is 1.50 bits per heavy atom. The highest BCUT2D eigenvalue weighted by Crippen LogP contribution is 2.39. The van der Waals surface area contributed by atoms with Gasteiger partial charge in [-0.05, 0) is 25.2 Å². The second kappa shape index (κ2) is 2.68. The van der Waals surface area contributed by atoms with Crippen molar-refractivity contribution in [3.8, 4) is 0 Å². The van der Waals surface area contributed by atoms with Crippen LogP contribution in [0.15, 0.2) is 11.1 Å². The van der Waals surface area contributed by atoms with Crippen LogP contribution >= 0.6 is 0 Å². The van der Waals surface area contributed by atoms with Gasteiger partial charge in [0.1, 0.15) is 6.17 Å². The van der Waals surface area contributed by atoms with Crippen LogP contribution in [0.3, 0.4) is 0 Å². The van der Waals surface area contributed by atoms with Gasteiger partial charge in [-0.1, -0.05) is 12.5 Å². The predicted molar refractivity (Wildman–Crippen MR) is 44.6 cm³/mol. The maximum atomic E-state index is 13.3. The highest BCUT2D eigenvalue weighted by atomic mass is 19.1. The van der Waals surface area contributed by atoms with Crippen LogP contribution < -0.4 is 0 Å². The van der Waals surface area contributed by atoms with Gasteiger partial charge in [0.15, 0.2) is 5.78 Å². The summed E-state index contributed by atoms with van der Waals surface area (Å²) in [4.78, 5) is 11.3. The van der Waals surface area contributed by atoms with Crippen LogP contribution in [0, 0.1) is 5.92 Å². The normalized spacial score (nSPS) is 35.7. The number of hydrogen-bond donors (Lipinski definition) is 0. The maximum absolute atomic E-state index is 13.3. The number of allylic oxidation sites excluding steroid dienone is 2. The summed E-state index contributed by atoms with van der Waals surface area (Å²) in [5, 5.41) is 0. The molecule has 0 aromatic carbocycles. The Hall–Kier alpha value is -0.660. The molecule has 0 fully saturated rings. The largest absolute Gasteiger partial charge is 0.294 e. The van der Waals surface area contributed by atoms with Crippen LogP contribution in [-0.2, 0) is 4.79 Å². The average molecular weight is 168 g/mol. The van der Waals surface area contributed by atoms with Gasteiger partial charge in [0, 0.05) is 12.0 Å². The van der Waals surface area contributed by atoms with E-state index in [-0.39, 0.29) is 5.78 Å². The SMILES string of the molecule is CC1CC(=O)C2=C1CCCC2F. The highest BCUT2D eigenvalue weighted by molar-refractivity contribution is 6.00. The van der Waals surface area contributed by atoms with Crippen molar-refractivity contribution in [3.05, 3.63) is 11.1 Å². The van der Waals surface area contributed by atoms with Gasteiger partial charge in [-0.2, -0.15) is 0 Å². The Bertz CT molecular complexity index is 255. The molecule has 0 amide bonds. The Labute approximate surface area is 71.6 Å². The van der Waals surface area contributed by atoms with E-state index in [2.05, 4.69) is 0 Å². The molecule has 2 aliphatic rings. The van der Waals surface area contributed by atoms with E-state index in [1.807, 2.05) is 6.92 Å². The molecule has 12 heavy (non-hydrogen) atoms. The first-order chi connectivity index (χ1) is 5.70. The summed E-state index contributed by atoms with van der Waals surface area (Å²) >= 11 is 0. The molecule has 0 aromatic heterocycles. The summed E-state index contributed by atoms with van der Waals surface area (Å²) in [7, 11) is 0. The predicted octanol–water partition coefficient (Wildman–Crippen LogP) is 2.41. The maximum Gasteiger partial charge on any atom is 0.162 e. The van der Waals surface area contributed by atoms with E-state index >= 15 is 0 Å². The van der Waals surface area contributed by atoms with Crippen LogP contribution in [0.4, 0.5) is 4.39 Å². The summed E-state index contributed by atoms with van der Waals surface area (Å²) in [6, 6.07) is 0. The van der Waals surface area contributed by atoms with Crippen LogP contribution in [0.5, 0.6) is 0 Å². The fourth-order valence-electron chi connectivity index (χ4n) is 2.33. The standard InChI is InChI=1S/C10H13FO/c1-6-5-9(12)10-7(6)3-2-4-8(10)11/h6,8H,2-5H2,1H3. The lowest BCUT2D eigenvalue weighted by Gasteiger charge is -2.18. The monoisotopic (exact) mass is 168 g/mol. The number of hydrogen-bond acceptors (Lipinski definition) is 1. The second-order valence-electron chi connectivity index (χ2n) is 3.83. The smallest absolute Gasteiger partial charge is 0.162 e. The van der Waals surface area contributed by atoms with Crippen molar-refractivity contribution in [1.29, 1.82) is 0 Å². The highest BCUT2D eigenvalue weighted by Gasteiger charge is 2.35. The number of ketones is 1. The minimum absolute atomic E-state index is 0.0599. The van der Waals surface area contributed by atoms with E-state index in [4.69, 9.17) is 0 Å². The molecule has 1 nitrogen and oxygen atoms in total. The van der Waals surface area contributed by atoms with Crippen LogP contribution in [-0.4, -0.2) is 12.0 Å². The summed E-state index contributed by atoms with van der Waals surface area (Å²) < 4.78 is 13.3. The van der Waals surface area contributed by atoms with Crippen LogP contribution in [0.1, 0.15) is 32.6 Å². The van der Waals surface area contributed by atoms with Gasteiger partial charge >= 0.3 is 0 Å². The fraction of sp³-hybridized carbons (Fsp3) is 0.700. The molecule has 0 saturated carbocycles. The van der Waals surface area contributed by atoms with Gasteiger partial charge in [0.25, 0.3) is 0 Å². The summed E-state index contributed by atoms with van der Waals surface area (Å²) in [6.07, 6.45) is 2.01. The van der Waals surface area contributed by atoms with Crippen molar-refractivity contribution in [2.45, 2.75) is 38.8 Å². The number of carbonyl (C=O) groups is 1. The third kappa shape index (κ3) is 1.01. The third-order valence-electron chi connectivity index (χ3n) is 2.95. The quantitative estimate of drug-likeness (QED) is 0.543. The molecule has 2 heteroatoms. The summed E-state index contributed by atoms with van der Waals surface area (Å²) in [5.74, 6) is 0.371. The molecule has 66 valence electrons. The van der Waals surface area contributed by atoms with Crippen molar-refractivity contribution < 1.29 is 9.18 Å². The third-order valence-corrected chi connectivity index (χ3v) is 2.95. The van der Waals surface area contributed by atoms with E-state index in [1.165, 1.54) is 0 Å². The number of halogens is 1. The van der Waals surface area contributed by atoms with E-state index in [9.17, 15) is 9.18 Å². The molecule has 2 atom stereocenters. The number of carbonyl (C=O) groups excluding carboxylic acids is 1. The number of rotatable bonds is 0. The molecule has 0 saturated heterocycles. The van der Waals surface area contributed by atoms with Gasteiger partial charge in [0.2, 0.25) is 0 Å². The lowest BCUT2D eigenvalue weighted by Crippen LogP contribution is -2.15. The molecule has 2 aliphatic carbocycles. The molecular weight excluding hydrogens is 155 g/mol. The van der Waals surface area contributed by atoms with Gasteiger partial charge in [-0.15, -0.1) is 0 Å². The van der Waals surface area contributed by atoms with E-state index in [0.717, 1.165) is 18.4 Å². The van der Waals surface area contributed by atoms with Gasteiger partial charge in [0.05, 0.1) is 0 Å². The second-order valence-corrected chi connectivity index (χ2v) is 3.83. The summed E-state index contributed by atoms with van der Waals surface area (Å²) in [5.41, 5.74) is 1.65. The molecule has 0 N–H and O–H groups in total. The topological polar surface area (TPSA) is 17.1 Å². The minimum Gasteiger partial charge on any atom is -0.294 e. The van der Waals surface area contributed by atoms with Crippen molar-refractivity contribution in [2.75, 3.05) is 0 Å². The minimum atomic E-state index is -0.953. The van der Waals surface area contributed by atoms with Gasteiger partial charge in [-0.3, -0.25) is 4.79 Å². The van der Waals surface area contributed by atoms with Crippen molar-refractivity contribution in [3.63, 3.8) is 0 Å². The van der Waals surface area contributed by atoms with Crippen LogP contribution in [0.2, 0.25) is 0 Å². The molecule has 0 aliphatic heterocycles.